The average molecular weight is 315 g/mol. The van der Waals surface area contributed by atoms with Crippen molar-refractivity contribution < 1.29 is 9.90 Å². The number of carbonyl (C=O) groups excluding carboxylic acids is 1. The number of carbonyl (C=O) groups is 1. The second-order valence-corrected chi connectivity index (χ2v) is 4.98. The van der Waals surface area contributed by atoms with Crippen LogP contribution in [0.25, 0.3) is 0 Å². The number of nitrogens with one attached hydrogen (secondary N) is 1. The average Bonchev–Trinajstić information content (AvgIpc) is 2.36. The molecule has 0 heterocycles. The van der Waals surface area contributed by atoms with E-state index in [0.29, 0.717) is 17.8 Å². The lowest BCUT2D eigenvalue weighted by atomic mass is 10.2. The largest absolute Gasteiger partial charge is 0.398 e. The second-order valence-electron chi connectivity index (χ2n) is 4.13. The molecule has 1 rings (SSSR count). The summed E-state index contributed by atoms with van der Waals surface area (Å²) in [7, 11) is 0. The van der Waals surface area contributed by atoms with Gasteiger partial charge in [0.15, 0.2) is 0 Å². The summed E-state index contributed by atoms with van der Waals surface area (Å²) >= 11 is 3.30. The summed E-state index contributed by atoms with van der Waals surface area (Å²) in [5.74, 6) is -0.0853. The molecular formula is C13H19BrN2O2. The van der Waals surface area contributed by atoms with Gasteiger partial charge in [-0.2, -0.15) is 0 Å². The summed E-state index contributed by atoms with van der Waals surface area (Å²) in [6.45, 7) is 0.901. The molecule has 1 aromatic carbocycles. The molecule has 0 radical (unpaired) electrons. The summed E-state index contributed by atoms with van der Waals surface area (Å²) in [6, 6.07) is 5.14. The third-order valence-corrected chi connectivity index (χ3v) is 3.32. The van der Waals surface area contributed by atoms with Crippen molar-refractivity contribution in [3.05, 3.63) is 28.2 Å². The molecule has 0 atom stereocenters. The number of nitrogens with two attached hydrogens (primary N) is 1. The molecule has 100 valence electrons. The van der Waals surface area contributed by atoms with E-state index in [2.05, 4.69) is 21.2 Å². The zero-order valence-electron chi connectivity index (χ0n) is 10.3. The minimum atomic E-state index is -0.0853. The molecule has 0 aromatic heterocycles. The van der Waals surface area contributed by atoms with Gasteiger partial charge in [0.25, 0.3) is 5.91 Å². The van der Waals surface area contributed by atoms with Crippen LogP contribution in [-0.4, -0.2) is 24.2 Å². The van der Waals surface area contributed by atoms with Crippen molar-refractivity contribution in [2.24, 2.45) is 0 Å². The van der Waals surface area contributed by atoms with Crippen molar-refractivity contribution in [2.45, 2.75) is 25.7 Å². The molecule has 18 heavy (non-hydrogen) atoms. The zero-order chi connectivity index (χ0) is 13.4. The molecule has 0 spiro atoms. The first-order valence-corrected chi connectivity index (χ1v) is 6.88. The number of aliphatic hydroxyl groups is 1. The maximum Gasteiger partial charge on any atom is 0.251 e. The van der Waals surface area contributed by atoms with Crippen LogP contribution in [-0.2, 0) is 0 Å². The smallest absolute Gasteiger partial charge is 0.251 e. The van der Waals surface area contributed by atoms with Crippen molar-refractivity contribution in [1.82, 2.24) is 5.32 Å². The van der Waals surface area contributed by atoms with Crippen molar-refractivity contribution >= 4 is 27.5 Å². The number of hydrogen-bond acceptors (Lipinski definition) is 3. The van der Waals surface area contributed by atoms with Gasteiger partial charge in [-0.15, -0.1) is 0 Å². The van der Waals surface area contributed by atoms with Gasteiger partial charge in [-0.3, -0.25) is 4.79 Å². The van der Waals surface area contributed by atoms with Crippen molar-refractivity contribution in [3.8, 4) is 0 Å². The monoisotopic (exact) mass is 314 g/mol. The van der Waals surface area contributed by atoms with Crippen LogP contribution < -0.4 is 11.1 Å². The first-order chi connectivity index (χ1) is 8.65. The fraction of sp³-hybridized carbons (Fsp3) is 0.462. The molecule has 0 fully saturated rings. The SMILES string of the molecule is Nc1ccc(C(=O)NCCCCCCO)cc1Br. The highest BCUT2D eigenvalue weighted by atomic mass is 79.9. The van der Waals surface area contributed by atoms with Crippen molar-refractivity contribution in [3.63, 3.8) is 0 Å². The van der Waals surface area contributed by atoms with Gasteiger partial charge in [0.2, 0.25) is 0 Å². The highest BCUT2D eigenvalue weighted by Gasteiger charge is 2.06. The Morgan fingerprint density at radius 3 is 2.67 bits per heavy atom. The standard InChI is InChI=1S/C13H19BrN2O2/c14-11-9-10(5-6-12(11)15)13(18)16-7-3-1-2-4-8-17/h5-6,9,17H,1-4,7-8,15H2,(H,16,18). The molecule has 0 aliphatic rings. The molecule has 5 heteroatoms. The van der Waals surface area contributed by atoms with Gasteiger partial charge in [-0.25, -0.2) is 0 Å². The topological polar surface area (TPSA) is 75.4 Å². The van der Waals surface area contributed by atoms with Crippen LogP contribution in [0.2, 0.25) is 0 Å². The number of nitrogen functional groups attached to an aromatic ring is 1. The lowest BCUT2D eigenvalue weighted by Crippen LogP contribution is -2.24. The quantitative estimate of drug-likeness (QED) is 0.534. The summed E-state index contributed by atoms with van der Waals surface area (Å²) < 4.78 is 0.734. The van der Waals surface area contributed by atoms with E-state index in [-0.39, 0.29) is 12.5 Å². The van der Waals surface area contributed by atoms with Crippen LogP contribution in [0.1, 0.15) is 36.0 Å². The molecule has 0 bridgehead atoms. The zero-order valence-corrected chi connectivity index (χ0v) is 11.9. The summed E-state index contributed by atoms with van der Waals surface area (Å²) in [5.41, 5.74) is 6.88. The van der Waals surface area contributed by atoms with E-state index in [1.54, 1.807) is 18.2 Å². The molecule has 4 N–H and O–H groups in total. The van der Waals surface area contributed by atoms with Gasteiger partial charge in [-0.1, -0.05) is 12.8 Å². The Balaban J connectivity index is 2.30. The van der Waals surface area contributed by atoms with Gasteiger partial charge in [0, 0.05) is 28.9 Å². The van der Waals surface area contributed by atoms with Gasteiger partial charge in [0.1, 0.15) is 0 Å². The summed E-state index contributed by atoms with van der Waals surface area (Å²) in [5, 5.41) is 11.5. The third-order valence-electron chi connectivity index (χ3n) is 2.63. The van der Waals surface area contributed by atoms with Crippen LogP contribution >= 0.6 is 15.9 Å². The first kappa shape index (κ1) is 15.0. The highest BCUT2D eigenvalue weighted by molar-refractivity contribution is 9.10. The fourth-order valence-corrected chi connectivity index (χ4v) is 1.94. The van der Waals surface area contributed by atoms with Gasteiger partial charge < -0.3 is 16.2 Å². The fourth-order valence-electron chi connectivity index (χ4n) is 1.56. The Kier molecular flexibility index (Phi) is 6.75. The maximum absolute atomic E-state index is 11.8. The number of halogens is 1. The molecular weight excluding hydrogens is 296 g/mol. The van der Waals surface area contributed by atoms with E-state index in [4.69, 9.17) is 10.8 Å². The minimum absolute atomic E-state index is 0.0853. The second kappa shape index (κ2) is 8.11. The minimum Gasteiger partial charge on any atom is -0.398 e. The normalized spacial score (nSPS) is 10.3. The molecule has 1 aromatic rings. The molecule has 0 aliphatic heterocycles. The van der Waals surface area contributed by atoms with Crippen LogP contribution in [0.3, 0.4) is 0 Å². The molecule has 1 amide bonds. The number of amides is 1. The van der Waals surface area contributed by atoms with E-state index in [9.17, 15) is 4.79 Å². The number of rotatable bonds is 7. The lowest BCUT2D eigenvalue weighted by molar-refractivity contribution is 0.0953. The molecule has 0 saturated carbocycles. The maximum atomic E-state index is 11.8. The summed E-state index contributed by atoms with van der Waals surface area (Å²) in [6.07, 6.45) is 3.78. The Morgan fingerprint density at radius 2 is 2.00 bits per heavy atom. The first-order valence-electron chi connectivity index (χ1n) is 6.09. The number of benzene rings is 1. The summed E-state index contributed by atoms with van der Waals surface area (Å²) in [4.78, 5) is 11.8. The molecule has 0 aliphatic carbocycles. The Hall–Kier alpha value is -1.07. The molecule has 0 unspecified atom stereocenters. The molecule has 0 saturated heterocycles. The number of hydrogen-bond donors (Lipinski definition) is 3. The van der Waals surface area contributed by atoms with Crippen LogP contribution in [0.15, 0.2) is 22.7 Å². The highest BCUT2D eigenvalue weighted by Crippen LogP contribution is 2.20. The number of unbranched alkanes of at least 4 members (excludes halogenated alkanes) is 3. The Morgan fingerprint density at radius 1 is 1.28 bits per heavy atom. The van der Waals surface area contributed by atoms with Crippen LogP contribution in [0.4, 0.5) is 5.69 Å². The predicted octanol–water partition coefficient (Wildman–Crippen LogP) is 2.31. The van der Waals surface area contributed by atoms with Crippen molar-refractivity contribution in [1.29, 1.82) is 0 Å². The van der Waals surface area contributed by atoms with Crippen molar-refractivity contribution in [2.75, 3.05) is 18.9 Å². The lowest BCUT2D eigenvalue weighted by Gasteiger charge is -2.06. The Bertz CT molecular complexity index is 397. The Labute approximate surface area is 116 Å². The van der Waals surface area contributed by atoms with E-state index in [1.807, 2.05) is 0 Å². The third kappa shape index (κ3) is 5.06. The number of aliphatic hydroxyl groups excluding tert-OH is 1. The van der Waals surface area contributed by atoms with Gasteiger partial charge >= 0.3 is 0 Å². The van der Waals surface area contributed by atoms with E-state index in [1.165, 1.54) is 0 Å². The number of anilines is 1. The van der Waals surface area contributed by atoms with E-state index < -0.39 is 0 Å². The predicted molar refractivity (Wildman–Crippen MR) is 76.4 cm³/mol. The van der Waals surface area contributed by atoms with Gasteiger partial charge in [0.05, 0.1) is 0 Å². The van der Waals surface area contributed by atoms with E-state index in [0.717, 1.165) is 30.2 Å². The van der Waals surface area contributed by atoms with Gasteiger partial charge in [-0.05, 0) is 47.0 Å². The van der Waals surface area contributed by atoms with E-state index >= 15 is 0 Å². The molecule has 4 nitrogen and oxygen atoms in total. The van der Waals surface area contributed by atoms with Crippen LogP contribution in [0.5, 0.6) is 0 Å². The van der Waals surface area contributed by atoms with Crippen LogP contribution in [0, 0.1) is 0 Å².